The first-order valence-electron chi connectivity index (χ1n) is 11.3. The number of rotatable bonds is 7. The maximum absolute atomic E-state index is 13.4. The third kappa shape index (κ3) is 4.75. The third-order valence-electron chi connectivity index (χ3n) is 6.46. The maximum atomic E-state index is 13.4. The molecule has 2 N–H and O–H groups in total. The van der Waals surface area contributed by atoms with E-state index in [0.29, 0.717) is 30.4 Å². The zero-order chi connectivity index (χ0) is 22.8. The molecule has 2 aliphatic rings. The Morgan fingerprint density at radius 1 is 1.22 bits per heavy atom. The summed E-state index contributed by atoms with van der Waals surface area (Å²) in [7, 11) is 0. The molecule has 0 radical (unpaired) electrons. The Balaban J connectivity index is 1.55. The highest BCUT2D eigenvalue weighted by Crippen LogP contribution is 2.37. The van der Waals surface area contributed by atoms with Crippen LogP contribution in [-0.4, -0.2) is 46.2 Å². The number of aromatic nitrogens is 1. The predicted octanol–water partition coefficient (Wildman–Crippen LogP) is 5.11. The Labute approximate surface area is 198 Å². The van der Waals surface area contributed by atoms with Crippen LogP contribution in [0.2, 0.25) is 5.02 Å². The minimum Gasteiger partial charge on any atom is -0.347 e. The Hall–Kier alpha value is -1.83. The van der Waals surface area contributed by atoms with E-state index in [9.17, 15) is 9.18 Å². The second kappa shape index (κ2) is 9.98. The van der Waals surface area contributed by atoms with Crippen LogP contribution in [0.1, 0.15) is 55.6 Å². The van der Waals surface area contributed by atoms with Crippen molar-refractivity contribution in [3.05, 3.63) is 52.4 Å². The molecule has 0 aliphatic carbocycles. The Morgan fingerprint density at radius 2 is 1.91 bits per heavy atom. The number of thioether (sulfide) groups is 1. The minimum atomic E-state index is -0.440. The molecule has 1 aromatic carbocycles. The SMILES string of the molecule is CCC(CC)Sc1cc(CN)nc(N2C3CCC2CN(C(=O)c2ccc(F)cc2Cl)C3)c1. The number of benzene rings is 1. The molecule has 32 heavy (non-hydrogen) atoms. The first kappa shape index (κ1) is 23.3. The minimum absolute atomic E-state index is 0.139. The molecule has 1 amide bonds. The van der Waals surface area contributed by atoms with Crippen molar-refractivity contribution in [3.63, 3.8) is 0 Å². The topological polar surface area (TPSA) is 62.5 Å². The number of carbonyl (C=O) groups is 1. The Bertz CT molecular complexity index is 972. The first-order valence-corrected chi connectivity index (χ1v) is 12.6. The molecule has 2 aliphatic heterocycles. The van der Waals surface area contributed by atoms with Gasteiger partial charge in [-0.05, 0) is 56.0 Å². The second-order valence-corrected chi connectivity index (χ2v) is 10.3. The van der Waals surface area contributed by atoms with Crippen LogP contribution in [-0.2, 0) is 6.54 Å². The lowest BCUT2D eigenvalue weighted by Gasteiger charge is -2.42. The highest BCUT2D eigenvalue weighted by Gasteiger charge is 2.42. The Kier molecular flexibility index (Phi) is 7.27. The summed E-state index contributed by atoms with van der Waals surface area (Å²) >= 11 is 8.04. The van der Waals surface area contributed by atoms with Gasteiger partial charge in [0.25, 0.3) is 5.91 Å². The number of hydrogen-bond acceptors (Lipinski definition) is 5. The number of fused-ring (bicyclic) bond motifs is 2. The van der Waals surface area contributed by atoms with Gasteiger partial charge in [-0.25, -0.2) is 9.37 Å². The highest BCUT2D eigenvalue weighted by molar-refractivity contribution is 8.00. The number of nitrogens with two attached hydrogens (primary N) is 1. The van der Waals surface area contributed by atoms with Crippen molar-refractivity contribution in [1.29, 1.82) is 0 Å². The van der Waals surface area contributed by atoms with E-state index in [0.717, 1.165) is 37.2 Å². The van der Waals surface area contributed by atoms with Gasteiger partial charge in [-0.3, -0.25) is 4.79 Å². The molecule has 1 aromatic heterocycles. The lowest BCUT2D eigenvalue weighted by molar-refractivity contribution is 0.0717. The number of amides is 1. The third-order valence-corrected chi connectivity index (χ3v) is 8.28. The van der Waals surface area contributed by atoms with Crippen molar-refractivity contribution in [1.82, 2.24) is 9.88 Å². The number of likely N-dealkylation sites (tertiary alicyclic amines) is 1. The van der Waals surface area contributed by atoms with Gasteiger partial charge >= 0.3 is 0 Å². The molecule has 0 spiro atoms. The first-order chi connectivity index (χ1) is 15.4. The summed E-state index contributed by atoms with van der Waals surface area (Å²) < 4.78 is 13.4. The summed E-state index contributed by atoms with van der Waals surface area (Å²) in [5.41, 5.74) is 7.22. The van der Waals surface area contributed by atoms with Crippen LogP contribution in [0.5, 0.6) is 0 Å². The molecule has 2 aromatic rings. The van der Waals surface area contributed by atoms with E-state index in [1.54, 1.807) is 0 Å². The van der Waals surface area contributed by atoms with Gasteiger partial charge in [-0.2, -0.15) is 0 Å². The van der Waals surface area contributed by atoms with Gasteiger partial charge in [-0.15, -0.1) is 11.8 Å². The molecule has 172 valence electrons. The van der Waals surface area contributed by atoms with Gasteiger partial charge < -0.3 is 15.5 Å². The summed E-state index contributed by atoms with van der Waals surface area (Å²) in [4.78, 5) is 23.4. The molecule has 2 atom stereocenters. The molecule has 2 unspecified atom stereocenters. The largest absolute Gasteiger partial charge is 0.347 e. The monoisotopic (exact) mass is 476 g/mol. The van der Waals surface area contributed by atoms with Crippen molar-refractivity contribution in [2.75, 3.05) is 18.0 Å². The molecule has 2 saturated heterocycles. The number of halogens is 2. The maximum Gasteiger partial charge on any atom is 0.255 e. The summed E-state index contributed by atoms with van der Waals surface area (Å²) in [6.07, 6.45) is 4.26. The number of pyridine rings is 1. The number of piperazine rings is 1. The number of carbonyl (C=O) groups excluding carboxylic acids is 1. The van der Waals surface area contributed by atoms with E-state index in [2.05, 4.69) is 30.9 Å². The van der Waals surface area contributed by atoms with Crippen molar-refractivity contribution < 1.29 is 9.18 Å². The molecular weight excluding hydrogens is 447 g/mol. The van der Waals surface area contributed by atoms with Crippen molar-refractivity contribution in [2.45, 2.75) is 68.3 Å². The zero-order valence-corrected chi connectivity index (χ0v) is 20.1. The smallest absolute Gasteiger partial charge is 0.255 e. The zero-order valence-electron chi connectivity index (χ0n) is 18.6. The van der Waals surface area contributed by atoms with Crippen LogP contribution in [0.4, 0.5) is 10.2 Å². The fourth-order valence-electron chi connectivity index (χ4n) is 4.77. The van der Waals surface area contributed by atoms with E-state index in [1.807, 2.05) is 16.7 Å². The lowest BCUT2D eigenvalue weighted by atomic mass is 10.1. The second-order valence-electron chi connectivity index (χ2n) is 8.54. The molecule has 2 fully saturated rings. The van der Waals surface area contributed by atoms with Gasteiger partial charge in [0, 0.05) is 41.9 Å². The van der Waals surface area contributed by atoms with E-state index in [4.69, 9.17) is 22.3 Å². The van der Waals surface area contributed by atoms with Crippen molar-refractivity contribution in [2.24, 2.45) is 5.73 Å². The summed E-state index contributed by atoms with van der Waals surface area (Å²) in [6.45, 7) is 6.05. The summed E-state index contributed by atoms with van der Waals surface area (Å²) in [6, 6.07) is 8.63. The normalized spacial score (nSPS) is 20.3. The summed E-state index contributed by atoms with van der Waals surface area (Å²) in [5.74, 6) is 0.380. The quantitative estimate of drug-likeness (QED) is 0.563. The standard InChI is InChI=1S/C24H30ClFN4OS/c1-3-19(4-2)32-20-10-16(12-27)28-23(11-20)30-17-6-7-18(30)14-29(13-17)24(31)21-8-5-15(26)9-22(21)25/h5,8-11,17-19H,3-4,6-7,12-14,27H2,1-2H3. The van der Waals surface area contributed by atoms with Gasteiger partial charge in [-0.1, -0.05) is 25.4 Å². The average Bonchev–Trinajstić information content (AvgIpc) is 3.06. The summed E-state index contributed by atoms with van der Waals surface area (Å²) in [5, 5.41) is 0.729. The number of anilines is 1. The van der Waals surface area contributed by atoms with E-state index >= 15 is 0 Å². The molecule has 3 heterocycles. The highest BCUT2D eigenvalue weighted by atomic mass is 35.5. The number of nitrogens with zero attached hydrogens (tertiary/aromatic N) is 3. The fourth-order valence-corrected chi connectivity index (χ4v) is 6.12. The van der Waals surface area contributed by atoms with Crippen molar-refractivity contribution in [3.8, 4) is 0 Å². The van der Waals surface area contributed by atoms with E-state index in [1.165, 1.54) is 23.1 Å². The molecule has 5 nitrogen and oxygen atoms in total. The molecule has 2 bridgehead atoms. The van der Waals surface area contributed by atoms with Crippen LogP contribution in [0.25, 0.3) is 0 Å². The van der Waals surface area contributed by atoms with Gasteiger partial charge in [0.2, 0.25) is 0 Å². The average molecular weight is 477 g/mol. The molecule has 4 rings (SSSR count). The fraction of sp³-hybridized carbons (Fsp3) is 0.500. The van der Waals surface area contributed by atoms with E-state index in [-0.39, 0.29) is 23.0 Å². The number of hydrogen-bond donors (Lipinski definition) is 1. The van der Waals surface area contributed by atoms with Crippen LogP contribution >= 0.6 is 23.4 Å². The lowest BCUT2D eigenvalue weighted by Crippen LogP contribution is -2.55. The Morgan fingerprint density at radius 3 is 2.50 bits per heavy atom. The predicted molar refractivity (Wildman–Crippen MR) is 129 cm³/mol. The van der Waals surface area contributed by atoms with Crippen LogP contribution in [0, 0.1) is 5.82 Å². The van der Waals surface area contributed by atoms with Crippen LogP contribution in [0.15, 0.2) is 35.2 Å². The van der Waals surface area contributed by atoms with Crippen LogP contribution < -0.4 is 10.6 Å². The molecular formula is C24H30ClFN4OS. The molecule has 8 heteroatoms. The van der Waals surface area contributed by atoms with Gasteiger partial charge in [0.15, 0.2) is 0 Å². The van der Waals surface area contributed by atoms with Gasteiger partial charge in [0.05, 0.1) is 16.3 Å². The van der Waals surface area contributed by atoms with Crippen LogP contribution in [0.3, 0.4) is 0 Å². The van der Waals surface area contributed by atoms with Gasteiger partial charge in [0.1, 0.15) is 11.6 Å². The van der Waals surface area contributed by atoms with E-state index < -0.39 is 5.82 Å². The molecule has 0 saturated carbocycles. The van der Waals surface area contributed by atoms with Crippen molar-refractivity contribution >= 4 is 35.1 Å².